The number of aliphatic hydroxyl groups is 1. The zero-order valence-corrected chi connectivity index (χ0v) is 38.6. The Morgan fingerprint density at radius 2 is 1.04 bits per heavy atom. The first kappa shape index (κ1) is 66.7. The lowest BCUT2D eigenvalue weighted by Gasteiger charge is -2.60. The molecular formula is C61H94O11. The van der Waals surface area contributed by atoms with Crippen molar-refractivity contribution in [1.29, 1.82) is 0 Å². The maximum Gasteiger partial charge on any atom is 0.347 e. The molecule has 0 aromatic heterocycles. The number of hydrogen-bond acceptors (Lipinski definition) is 11. The lowest BCUT2D eigenvalue weighted by Crippen LogP contribution is -2.68. The van der Waals surface area contributed by atoms with Gasteiger partial charge in [-0.3, -0.25) is 19.2 Å². The first-order chi connectivity index (χ1) is 29.9. The zero-order valence-electron chi connectivity index (χ0n) is 38.6. The molecule has 5 aliphatic rings. The summed E-state index contributed by atoms with van der Waals surface area (Å²) >= 11 is 0. The molecule has 72 heavy (non-hydrogen) atoms. The van der Waals surface area contributed by atoms with E-state index in [1.807, 2.05) is 84.9 Å². The maximum absolute atomic E-state index is 15.6. The quantitative estimate of drug-likeness (QED) is 0.107. The van der Waals surface area contributed by atoms with Crippen LogP contribution < -0.4 is 0 Å². The van der Waals surface area contributed by atoms with Gasteiger partial charge < -0.3 is 28.8 Å². The van der Waals surface area contributed by atoms with Crippen molar-refractivity contribution < 1.29 is 52.8 Å². The molecule has 4 saturated carbocycles. The fourth-order valence-corrected chi connectivity index (χ4v) is 11.7. The van der Waals surface area contributed by atoms with E-state index in [0.29, 0.717) is 36.8 Å². The van der Waals surface area contributed by atoms with Crippen LogP contribution in [0, 0.1) is 33.5 Å². The van der Waals surface area contributed by atoms with Crippen molar-refractivity contribution in [3.63, 3.8) is 0 Å². The van der Waals surface area contributed by atoms with Crippen LogP contribution in [0.3, 0.4) is 0 Å². The second kappa shape index (κ2) is 23.3. The van der Waals surface area contributed by atoms with Crippen LogP contribution >= 0.6 is 0 Å². The lowest BCUT2D eigenvalue weighted by molar-refractivity contribution is -0.241. The summed E-state index contributed by atoms with van der Waals surface area (Å²) in [5.41, 5.74) is -10.2. The van der Waals surface area contributed by atoms with E-state index in [1.165, 1.54) is 41.5 Å². The molecule has 5 unspecified atom stereocenters. The molecule has 0 radical (unpaired) electrons. The number of carbonyl (C=O) groups is 5. The van der Waals surface area contributed by atoms with Crippen molar-refractivity contribution in [1.82, 2.24) is 0 Å². The first-order valence-corrected chi connectivity index (χ1v) is 22.7. The van der Waals surface area contributed by atoms with Gasteiger partial charge in [0.1, 0.15) is 11.2 Å². The molecule has 5 atom stereocenters. The summed E-state index contributed by atoms with van der Waals surface area (Å²) in [4.78, 5) is 74.5. The van der Waals surface area contributed by atoms with Crippen LogP contribution in [0.2, 0.25) is 0 Å². The zero-order chi connectivity index (χ0) is 46.3. The van der Waals surface area contributed by atoms with E-state index in [-0.39, 0.29) is 90.7 Å². The van der Waals surface area contributed by atoms with Crippen molar-refractivity contribution >= 4 is 51.4 Å². The molecule has 1 heterocycles. The summed E-state index contributed by atoms with van der Waals surface area (Å²) < 4.78 is 30.7. The Kier molecular flexibility index (Phi) is 21.6. The fraction of sp³-hybridized carbons (Fsp3) is 0.590. The normalized spacial score (nSPS) is 23.3. The van der Waals surface area contributed by atoms with Gasteiger partial charge in [-0.05, 0) is 151 Å². The van der Waals surface area contributed by atoms with Crippen LogP contribution in [0.15, 0.2) is 84.9 Å². The molecule has 4 aromatic rings. The summed E-state index contributed by atoms with van der Waals surface area (Å²) in [6.07, 6.45) is 1.36. The van der Waals surface area contributed by atoms with E-state index in [4.69, 9.17) is 23.7 Å². The third kappa shape index (κ3) is 11.4. The average molecular weight is 1000 g/mol. The summed E-state index contributed by atoms with van der Waals surface area (Å²) in [5.74, 6) is -4.14. The Morgan fingerprint density at radius 3 is 1.47 bits per heavy atom. The third-order valence-electron chi connectivity index (χ3n) is 15.5. The fourth-order valence-electron chi connectivity index (χ4n) is 11.7. The van der Waals surface area contributed by atoms with Gasteiger partial charge in [0.05, 0.1) is 33.9 Å². The van der Waals surface area contributed by atoms with Crippen LogP contribution in [0.5, 0.6) is 0 Å². The Labute approximate surface area is 434 Å². The third-order valence-corrected chi connectivity index (χ3v) is 15.5. The number of fused-ring (bicyclic) bond motifs is 2. The molecule has 1 aliphatic heterocycles. The average Bonchev–Trinajstić information content (AvgIpc) is 3.62. The minimum Gasteiger partial charge on any atom is -0.463 e. The van der Waals surface area contributed by atoms with Gasteiger partial charge in [-0.15, -0.1) is 0 Å². The molecule has 404 valence electrons. The monoisotopic (exact) mass is 1000 g/mol. The second-order valence-corrected chi connectivity index (χ2v) is 21.6. The van der Waals surface area contributed by atoms with Crippen LogP contribution in [-0.2, 0) is 47.7 Å². The Morgan fingerprint density at radius 1 is 0.597 bits per heavy atom. The molecule has 9 rings (SSSR count). The molecule has 0 spiro atoms. The maximum atomic E-state index is 15.6. The van der Waals surface area contributed by atoms with Crippen molar-refractivity contribution in [3.8, 4) is 0 Å². The molecular weight excluding hydrogens is 909 g/mol. The summed E-state index contributed by atoms with van der Waals surface area (Å²) in [6, 6.07) is 27.3. The van der Waals surface area contributed by atoms with Crippen molar-refractivity contribution in [3.05, 3.63) is 96.1 Å². The lowest BCUT2D eigenvalue weighted by atomic mass is 9.45. The largest absolute Gasteiger partial charge is 0.463 e. The molecule has 1 saturated heterocycles. The van der Waals surface area contributed by atoms with Crippen LogP contribution in [0.4, 0.5) is 0 Å². The predicted octanol–water partition coefficient (Wildman–Crippen LogP) is 14.6. The summed E-state index contributed by atoms with van der Waals surface area (Å²) in [6.45, 7) is 14.0. The molecule has 4 aliphatic carbocycles. The highest BCUT2D eigenvalue weighted by Gasteiger charge is 2.75. The SMILES string of the molecule is C.C.C.C.C.C.C.C.CC(C)(C)OC(=O)C(C)(C(C)(C)C(=O)OC(c1ccc2ccccc2c1)c1ccc2ccccc2c1)C(C)(C(=O)OC1CCOC1=O)C(C)(C)C(=O)OC12CC3CC(CC(O)(C3)C1)C2. The highest BCUT2D eigenvalue weighted by Crippen LogP contribution is 2.64. The summed E-state index contributed by atoms with van der Waals surface area (Å²) in [5, 5.41) is 15.4. The standard InChI is InChI=1S/C53H62O11.8CH4/c1-47(2,3)63-46(58)51(9,48(4,5)43(55)62-41(38-20-18-34-14-10-12-16-36(34)25-38)39-21-19-35-15-11-13-17-37(35)26-39)50(8,45(57)61-40-22-23-60-42(40)54)49(6,7)44(56)64-53-29-32-24-33(30-53)28-52(59,27-32)31-53;;;;;;;;/h10-21,25-26,32-33,40-41,59H,22-24,27-31H2,1-9H3;8*1H4. The van der Waals surface area contributed by atoms with E-state index in [9.17, 15) is 9.90 Å². The number of carbonyl (C=O) groups excluding carboxylic acids is 5. The van der Waals surface area contributed by atoms with E-state index in [1.54, 1.807) is 20.8 Å². The first-order valence-electron chi connectivity index (χ1n) is 22.7. The van der Waals surface area contributed by atoms with Crippen LogP contribution in [-0.4, -0.2) is 64.5 Å². The number of rotatable bonds is 12. The highest BCUT2D eigenvalue weighted by molar-refractivity contribution is 5.99. The molecule has 4 bridgehead atoms. The van der Waals surface area contributed by atoms with Gasteiger partial charge in [0.25, 0.3) is 0 Å². The predicted molar refractivity (Wildman–Crippen MR) is 293 cm³/mol. The van der Waals surface area contributed by atoms with E-state index in [0.717, 1.165) is 28.0 Å². The van der Waals surface area contributed by atoms with Gasteiger partial charge in [0.15, 0.2) is 6.10 Å². The van der Waals surface area contributed by atoms with Crippen molar-refractivity contribution in [2.24, 2.45) is 33.5 Å². The van der Waals surface area contributed by atoms with E-state index >= 15 is 19.2 Å². The Hall–Kier alpha value is -5.29. The van der Waals surface area contributed by atoms with Crippen LogP contribution in [0.1, 0.15) is 184 Å². The smallest absolute Gasteiger partial charge is 0.347 e. The van der Waals surface area contributed by atoms with Gasteiger partial charge >= 0.3 is 29.8 Å². The minimum absolute atomic E-state index is 0. The summed E-state index contributed by atoms with van der Waals surface area (Å²) in [7, 11) is 0. The Bertz CT molecular complexity index is 2440. The van der Waals surface area contributed by atoms with Gasteiger partial charge in [0, 0.05) is 12.8 Å². The molecule has 5 fully saturated rings. The minimum atomic E-state index is -2.30. The topological polar surface area (TPSA) is 152 Å². The van der Waals surface area contributed by atoms with E-state index in [2.05, 4.69) is 0 Å². The van der Waals surface area contributed by atoms with Gasteiger partial charge in [-0.2, -0.15) is 0 Å². The van der Waals surface area contributed by atoms with Crippen molar-refractivity contribution in [2.45, 2.75) is 196 Å². The highest BCUT2D eigenvalue weighted by atomic mass is 16.6. The van der Waals surface area contributed by atoms with Crippen LogP contribution in [0.25, 0.3) is 21.5 Å². The van der Waals surface area contributed by atoms with Gasteiger partial charge in [-0.1, -0.05) is 132 Å². The number of benzene rings is 4. The molecule has 0 amide bonds. The van der Waals surface area contributed by atoms with Crippen molar-refractivity contribution in [2.75, 3.05) is 6.61 Å². The number of esters is 5. The molecule has 4 aromatic carbocycles. The number of hydrogen-bond donors (Lipinski definition) is 1. The molecule has 11 heteroatoms. The molecule has 11 nitrogen and oxygen atoms in total. The number of cyclic esters (lactones) is 1. The Balaban J connectivity index is 0.00000630. The van der Waals surface area contributed by atoms with E-state index < -0.39 is 80.5 Å². The second-order valence-electron chi connectivity index (χ2n) is 21.6. The molecule has 1 N–H and O–H groups in total. The van der Waals surface area contributed by atoms with Gasteiger partial charge in [-0.25, -0.2) is 4.79 Å². The number of ether oxygens (including phenoxy) is 5. The van der Waals surface area contributed by atoms with Gasteiger partial charge in [0.2, 0.25) is 6.10 Å².